The van der Waals surface area contributed by atoms with Gasteiger partial charge in [0.15, 0.2) is 0 Å². The fourth-order valence-corrected chi connectivity index (χ4v) is 1.65. The maximum Gasteiger partial charge on any atom is 0.423 e. The molecular weight excluding hydrogens is 289 g/mol. The van der Waals surface area contributed by atoms with E-state index < -0.39 is 22.4 Å². The minimum Gasteiger partial charge on any atom is -0.379 e. The predicted molar refractivity (Wildman–Crippen MR) is 67.5 cm³/mol. The molecule has 0 amide bonds. The lowest BCUT2D eigenvalue weighted by atomic mass is 10.1. The summed E-state index contributed by atoms with van der Waals surface area (Å²) in [4.78, 5) is 17.2. The normalized spacial score (nSPS) is 11.2. The Hall–Kier alpha value is -2.71. The van der Waals surface area contributed by atoms with E-state index in [1.807, 2.05) is 0 Å². The number of hydrogen-bond acceptors (Lipinski definition) is 5. The van der Waals surface area contributed by atoms with Crippen molar-refractivity contribution in [2.24, 2.45) is 0 Å². The van der Waals surface area contributed by atoms with E-state index in [2.05, 4.69) is 15.3 Å². The SMILES string of the molecule is O=[N+]([O-])c1ccc(NCc2ccncn2)cc1C(F)(F)F. The summed E-state index contributed by atoms with van der Waals surface area (Å²) in [6, 6.07) is 4.35. The van der Waals surface area contributed by atoms with Gasteiger partial charge in [0, 0.05) is 18.0 Å². The molecule has 1 aromatic carbocycles. The van der Waals surface area contributed by atoms with Gasteiger partial charge in [-0.2, -0.15) is 13.2 Å². The molecular formula is C12H9F3N4O2. The van der Waals surface area contributed by atoms with Crippen molar-refractivity contribution >= 4 is 11.4 Å². The number of nitro benzene ring substituents is 1. The summed E-state index contributed by atoms with van der Waals surface area (Å²) in [5, 5.41) is 13.4. The highest BCUT2D eigenvalue weighted by atomic mass is 19.4. The number of anilines is 1. The van der Waals surface area contributed by atoms with Crippen molar-refractivity contribution in [3.63, 3.8) is 0 Å². The summed E-state index contributed by atoms with van der Waals surface area (Å²) in [5.74, 6) is 0. The zero-order valence-corrected chi connectivity index (χ0v) is 10.5. The predicted octanol–water partition coefficient (Wildman–Crippen LogP) is 3.02. The second-order valence-electron chi connectivity index (χ2n) is 4.04. The number of aromatic nitrogens is 2. The molecule has 0 saturated carbocycles. The van der Waals surface area contributed by atoms with Crippen LogP contribution in [0.1, 0.15) is 11.3 Å². The minimum absolute atomic E-state index is 0.117. The third kappa shape index (κ3) is 3.65. The average molecular weight is 298 g/mol. The Morgan fingerprint density at radius 3 is 2.62 bits per heavy atom. The standard InChI is InChI=1S/C12H9F3N4O2/c13-12(14,15)10-5-8(1-2-11(10)19(20)21)17-6-9-3-4-16-7-18-9/h1-5,7,17H,6H2. The number of hydrogen-bond donors (Lipinski definition) is 1. The van der Waals surface area contributed by atoms with Gasteiger partial charge in [-0.1, -0.05) is 0 Å². The number of nitrogens with one attached hydrogen (secondary N) is 1. The van der Waals surface area contributed by atoms with Crippen LogP contribution in [0.3, 0.4) is 0 Å². The molecule has 0 bridgehead atoms. The molecule has 0 unspecified atom stereocenters. The van der Waals surface area contributed by atoms with Crippen LogP contribution in [0, 0.1) is 10.1 Å². The number of nitro groups is 1. The van der Waals surface area contributed by atoms with Crippen molar-refractivity contribution < 1.29 is 18.1 Å². The molecule has 9 heteroatoms. The maximum atomic E-state index is 12.8. The Morgan fingerprint density at radius 2 is 2.05 bits per heavy atom. The number of nitrogens with zero attached hydrogens (tertiary/aromatic N) is 3. The van der Waals surface area contributed by atoms with Gasteiger partial charge in [-0.15, -0.1) is 0 Å². The third-order valence-electron chi connectivity index (χ3n) is 2.62. The molecule has 0 aliphatic carbocycles. The summed E-state index contributed by atoms with van der Waals surface area (Å²) < 4.78 is 38.4. The van der Waals surface area contributed by atoms with Crippen LogP contribution in [0.25, 0.3) is 0 Å². The highest BCUT2D eigenvalue weighted by Crippen LogP contribution is 2.37. The van der Waals surface area contributed by atoms with E-state index in [1.54, 1.807) is 6.07 Å². The molecule has 110 valence electrons. The lowest BCUT2D eigenvalue weighted by molar-refractivity contribution is -0.388. The number of rotatable bonds is 4. The van der Waals surface area contributed by atoms with Gasteiger partial charge in [0.2, 0.25) is 0 Å². The minimum atomic E-state index is -4.80. The largest absolute Gasteiger partial charge is 0.423 e. The smallest absolute Gasteiger partial charge is 0.379 e. The molecule has 0 saturated heterocycles. The van der Waals surface area contributed by atoms with E-state index in [0.29, 0.717) is 11.8 Å². The Morgan fingerprint density at radius 1 is 1.29 bits per heavy atom. The van der Waals surface area contributed by atoms with Crippen molar-refractivity contribution in [1.29, 1.82) is 0 Å². The van der Waals surface area contributed by atoms with Crippen LogP contribution in [0.5, 0.6) is 0 Å². The molecule has 0 fully saturated rings. The quantitative estimate of drug-likeness (QED) is 0.693. The van der Waals surface area contributed by atoms with E-state index in [1.165, 1.54) is 18.6 Å². The van der Waals surface area contributed by atoms with E-state index in [9.17, 15) is 23.3 Å². The molecule has 2 aromatic rings. The molecule has 21 heavy (non-hydrogen) atoms. The lowest BCUT2D eigenvalue weighted by Crippen LogP contribution is -2.10. The number of halogens is 3. The van der Waals surface area contributed by atoms with Gasteiger partial charge in [-0.3, -0.25) is 10.1 Å². The van der Waals surface area contributed by atoms with Crippen LogP contribution < -0.4 is 5.32 Å². The molecule has 1 aromatic heterocycles. The molecule has 0 spiro atoms. The number of alkyl halides is 3. The van der Waals surface area contributed by atoms with Crippen molar-refractivity contribution in [2.75, 3.05) is 5.32 Å². The highest BCUT2D eigenvalue weighted by molar-refractivity contribution is 5.55. The van der Waals surface area contributed by atoms with Gasteiger partial charge >= 0.3 is 6.18 Å². The fourth-order valence-electron chi connectivity index (χ4n) is 1.65. The first-order valence-corrected chi connectivity index (χ1v) is 5.72. The van der Waals surface area contributed by atoms with E-state index in [4.69, 9.17) is 0 Å². The van der Waals surface area contributed by atoms with Crippen LogP contribution in [-0.4, -0.2) is 14.9 Å². The van der Waals surface area contributed by atoms with Gasteiger partial charge in [0.05, 0.1) is 17.2 Å². The van der Waals surface area contributed by atoms with Crippen molar-refractivity contribution in [1.82, 2.24) is 9.97 Å². The molecule has 0 aliphatic rings. The molecule has 6 nitrogen and oxygen atoms in total. The third-order valence-corrected chi connectivity index (χ3v) is 2.62. The zero-order valence-electron chi connectivity index (χ0n) is 10.5. The summed E-state index contributed by atoms with van der Waals surface area (Å²) in [7, 11) is 0. The maximum absolute atomic E-state index is 12.8. The second-order valence-corrected chi connectivity index (χ2v) is 4.04. The Labute approximate surface area is 116 Å². The Kier molecular flexibility index (Phi) is 4.01. The van der Waals surface area contributed by atoms with Crippen molar-refractivity contribution in [3.8, 4) is 0 Å². The molecule has 0 radical (unpaired) electrons. The van der Waals surface area contributed by atoms with Crippen LogP contribution in [0.4, 0.5) is 24.5 Å². The highest BCUT2D eigenvalue weighted by Gasteiger charge is 2.38. The summed E-state index contributed by atoms with van der Waals surface area (Å²) in [6.07, 6.45) is -1.98. The van der Waals surface area contributed by atoms with Crippen molar-refractivity contribution in [3.05, 3.63) is 58.2 Å². The molecule has 0 atom stereocenters. The van der Waals surface area contributed by atoms with Gasteiger partial charge in [-0.25, -0.2) is 9.97 Å². The first kappa shape index (κ1) is 14.7. The monoisotopic (exact) mass is 298 g/mol. The van der Waals surface area contributed by atoms with Crippen LogP contribution in [0.2, 0.25) is 0 Å². The van der Waals surface area contributed by atoms with Gasteiger partial charge in [0.25, 0.3) is 5.69 Å². The van der Waals surface area contributed by atoms with Gasteiger partial charge in [0.1, 0.15) is 11.9 Å². The lowest BCUT2D eigenvalue weighted by Gasteiger charge is -2.11. The topological polar surface area (TPSA) is 81.0 Å². The second kappa shape index (κ2) is 5.73. The van der Waals surface area contributed by atoms with Crippen molar-refractivity contribution in [2.45, 2.75) is 12.7 Å². The van der Waals surface area contributed by atoms with Crippen LogP contribution in [0.15, 0.2) is 36.8 Å². The Bertz CT molecular complexity index is 647. The van der Waals surface area contributed by atoms with Crippen LogP contribution >= 0.6 is 0 Å². The van der Waals surface area contributed by atoms with E-state index in [-0.39, 0.29) is 12.2 Å². The molecule has 1 heterocycles. The molecule has 1 N–H and O–H groups in total. The van der Waals surface area contributed by atoms with E-state index in [0.717, 1.165) is 6.07 Å². The van der Waals surface area contributed by atoms with Gasteiger partial charge in [-0.05, 0) is 18.2 Å². The molecule has 2 rings (SSSR count). The average Bonchev–Trinajstić information content (AvgIpc) is 2.45. The Balaban J connectivity index is 2.24. The van der Waals surface area contributed by atoms with E-state index >= 15 is 0 Å². The fraction of sp³-hybridized carbons (Fsp3) is 0.167. The zero-order chi connectivity index (χ0) is 15.5. The first-order valence-electron chi connectivity index (χ1n) is 5.72. The molecule has 0 aliphatic heterocycles. The summed E-state index contributed by atoms with van der Waals surface area (Å²) in [5.41, 5.74) is -1.57. The first-order chi connectivity index (χ1) is 9.88. The number of benzene rings is 1. The summed E-state index contributed by atoms with van der Waals surface area (Å²) in [6.45, 7) is 0.178. The summed E-state index contributed by atoms with van der Waals surface area (Å²) >= 11 is 0. The van der Waals surface area contributed by atoms with Gasteiger partial charge < -0.3 is 5.32 Å². The van der Waals surface area contributed by atoms with Crippen LogP contribution in [-0.2, 0) is 12.7 Å².